The van der Waals surface area contributed by atoms with Gasteiger partial charge in [-0.15, -0.1) is 0 Å². The standard InChI is InChI=1S/C20H36NO/c1-19-13-15-20(16-14-19)22-18-12-10-8-6-5-7-9-11-17-21(2,3)4/h13-16H,5-12,17-18H2,1-4H3/q+1. The molecule has 0 fully saturated rings. The summed E-state index contributed by atoms with van der Waals surface area (Å²) in [5, 5.41) is 0. The number of ether oxygens (including phenoxy) is 1. The van der Waals surface area contributed by atoms with Crippen molar-refractivity contribution >= 4 is 0 Å². The van der Waals surface area contributed by atoms with Crippen LogP contribution in [0.2, 0.25) is 0 Å². The van der Waals surface area contributed by atoms with E-state index >= 15 is 0 Å². The summed E-state index contributed by atoms with van der Waals surface area (Å²) in [5.74, 6) is 1.00. The van der Waals surface area contributed by atoms with Crippen LogP contribution >= 0.6 is 0 Å². The van der Waals surface area contributed by atoms with Crippen LogP contribution in [0, 0.1) is 6.92 Å². The largest absolute Gasteiger partial charge is 0.494 e. The van der Waals surface area contributed by atoms with Crippen molar-refractivity contribution in [2.75, 3.05) is 34.3 Å². The van der Waals surface area contributed by atoms with Gasteiger partial charge < -0.3 is 9.22 Å². The average Bonchev–Trinajstić information content (AvgIpc) is 2.45. The van der Waals surface area contributed by atoms with Gasteiger partial charge in [0.1, 0.15) is 5.75 Å². The monoisotopic (exact) mass is 306 g/mol. The maximum atomic E-state index is 5.75. The Hall–Kier alpha value is -1.02. The van der Waals surface area contributed by atoms with Gasteiger partial charge in [-0.2, -0.15) is 0 Å². The van der Waals surface area contributed by atoms with E-state index in [4.69, 9.17) is 4.74 Å². The number of benzene rings is 1. The highest BCUT2D eigenvalue weighted by Crippen LogP contribution is 2.13. The van der Waals surface area contributed by atoms with E-state index in [1.807, 2.05) is 0 Å². The van der Waals surface area contributed by atoms with Gasteiger partial charge in [0, 0.05) is 0 Å². The Kier molecular flexibility index (Phi) is 9.22. The molecule has 1 aromatic carbocycles. The lowest BCUT2D eigenvalue weighted by Gasteiger charge is -2.23. The molecule has 0 atom stereocenters. The molecule has 2 heteroatoms. The fraction of sp³-hybridized carbons (Fsp3) is 0.700. The summed E-state index contributed by atoms with van der Waals surface area (Å²) in [6.45, 7) is 4.26. The topological polar surface area (TPSA) is 9.23 Å². The summed E-state index contributed by atoms with van der Waals surface area (Å²) >= 11 is 0. The third-order valence-electron chi connectivity index (χ3n) is 4.01. The van der Waals surface area contributed by atoms with Crippen molar-refractivity contribution in [1.29, 1.82) is 0 Å². The Morgan fingerprint density at radius 2 is 1.23 bits per heavy atom. The lowest BCUT2D eigenvalue weighted by molar-refractivity contribution is -0.870. The minimum atomic E-state index is 0.854. The van der Waals surface area contributed by atoms with E-state index in [2.05, 4.69) is 52.3 Å². The Balaban J connectivity index is 1.85. The van der Waals surface area contributed by atoms with E-state index in [1.165, 1.54) is 63.5 Å². The molecule has 0 aliphatic rings. The molecule has 126 valence electrons. The lowest BCUT2D eigenvalue weighted by atomic mass is 10.1. The van der Waals surface area contributed by atoms with Crippen LogP contribution < -0.4 is 4.74 Å². The number of hydrogen-bond donors (Lipinski definition) is 0. The maximum Gasteiger partial charge on any atom is 0.119 e. The normalized spacial score (nSPS) is 11.6. The summed E-state index contributed by atoms with van der Waals surface area (Å²) in [6, 6.07) is 8.33. The molecular formula is C20H36NO+. The second kappa shape index (κ2) is 10.7. The summed E-state index contributed by atoms with van der Waals surface area (Å²) in [4.78, 5) is 0. The number of rotatable bonds is 12. The van der Waals surface area contributed by atoms with E-state index in [0.717, 1.165) is 16.8 Å². The fourth-order valence-corrected chi connectivity index (χ4v) is 2.57. The van der Waals surface area contributed by atoms with Gasteiger partial charge >= 0.3 is 0 Å². The first kappa shape index (κ1) is 19.0. The van der Waals surface area contributed by atoms with Crippen molar-refractivity contribution in [2.45, 2.75) is 58.3 Å². The van der Waals surface area contributed by atoms with Crippen LogP contribution in [0.5, 0.6) is 5.75 Å². The predicted molar refractivity (Wildman–Crippen MR) is 96.5 cm³/mol. The number of hydrogen-bond acceptors (Lipinski definition) is 1. The van der Waals surface area contributed by atoms with Gasteiger partial charge in [-0.25, -0.2) is 0 Å². The zero-order chi connectivity index (χ0) is 16.3. The minimum absolute atomic E-state index is 0.854. The van der Waals surface area contributed by atoms with Gasteiger partial charge in [0.05, 0.1) is 34.3 Å². The molecule has 0 heterocycles. The summed E-state index contributed by atoms with van der Waals surface area (Å²) in [7, 11) is 6.83. The second-order valence-corrected chi connectivity index (χ2v) is 7.50. The van der Waals surface area contributed by atoms with Gasteiger partial charge in [0.25, 0.3) is 0 Å². The molecule has 0 aromatic heterocycles. The molecule has 22 heavy (non-hydrogen) atoms. The fourth-order valence-electron chi connectivity index (χ4n) is 2.57. The Morgan fingerprint density at radius 1 is 0.727 bits per heavy atom. The Morgan fingerprint density at radius 3 is 1.77 bits per heavy atom. The van der Waals surface area contributed by atoms with E-state index in [0.29, 0.717) is 0 Å². The van der Waals surface area contributed by atoms with Gasteiger partial charge in [0.2, 0.25) is 0 Å². The van der Waals surface area contributed by atoms with Crippen molar-refractivity contribution in [3.05, 3.63) is 29.8 Å². The van der Waals surface area contributed by atoms with Crippen LogP contribution in [0.15, 0.2) is 24.3 Å². The summed E-state index contributed by atoms with van der Waals surface area (Å²) < 4.78 is 6.85. The summed E-state index contributed by atoms with van der Waals surface area (Å²) in [5.41, 5.74) is 1.29. The number of quaternary nitrogens is 1. The number of aryl methyl sites for hydroxylation is 1. The van der Waals surface area contributed by atoms with E-state index in [9.17, 15) is 0 Å². The third-order valence-corrected chi connectivity index (χ3v) is 4.01. The van der Waals surface area contributed by atoms with Crippen LogP contribution in [-0.4, -0.2) is 38.8 Å². The highest BCUT2D eigenvalue weighted by Gasteiger charge is 2.04. The van der Waals surface area contributed by atoms with Crippen LogP contribution in [0.4, 0.5) is 0 Å². The molecular weight excluding hydrogens is 270 g/mol. The molecule has 0 unspecified atom stereocenters. The van der Waals surface area contributed by atoms with Crippen molar-refractivity contribution in [3.8, 4) is 5.75 Å². The molecule has 0 bridgehead atoms. The smallest absolute Gasteiger partial charge is 0.119 e. The molecule has 0 saturated heterocycles. The van der Waals surface area contributed by atoms with Gasteiger partial charge in [-0.3, -0.25) is 0 Å². The Bertz CT molecular complexity index is 378. The SMILES string of the molecule is Cc1ccc(OCCCCCCCCCC[N+](C)(C)C)cc1. The molecule has 0 radical (unpaired) electrons. The molecule has 0 aliphatic heterocycles. The number of nitrogens with zero attached hydrogens (tertiary/aromatic N) is 1. The molecule has 1 rings (SSSR count). The van der Waals surface area contributed by atoms with Crippen LogP contribution in [0.1, 0.15) is 56.9 Å². The first-order chi connectivity index (χ1) is 10.5. The highest BCUT2D eigenvalue weighted by molar-refractivity contribution is 5.26. The van der Waals surface area contributed by atoms with Crippen LogP contribution in [-0.2, 0) is 0 Å². The van der Waals surface area contributed by atoms with Crippen molar-refractivity contribution in [3.63, 3.8) is 0 Å². The molecule has 0 aliphatic carbocycles. The molecule has 0 amide bonds. The predicted octanol–water partition coefficient (Wildman–Crippen LogP) is 5.20. The van der Waals surface area contributed by atoms with Gasteiger partial charge in [-0.05, 0) is 38.3 Å². The lowest BCUT2D eigenvalue weighted by Crippen LogP contribution is -2.35. The van der Waals surface area contributed by atoms with Gasteiger partial charge in [-0.1, -0.05) is 49.8 Å². The molecule has 0 spiro atoms. The first-order valence-corrected chi connectivity index (χ1v) is 8.97. The zero-order valence-electron chi connectivity index (χ0n) is 15.2. The quantitative estimate of drug-likeness (QED) is 0.381. The van der Waals surface area contributed by atoms with E-state index in [1.54, 1.807) is 0 Å². The van der Waals surface area contributed by atoms with Gasteiger partial charge in [0.15, 0.2) is 0 Å². The van der Waals surface area contributed by atoms with Crippen molar-refractivity contribution < 1.29 is 9.22 Å². The number of unbranched alkanes of at least 4 members (excludes halogenated alkanes) is 7. The molecule has 0 saturated carbocycles. The maximum absolute atomic E-state index is 5.75. The average molecular weight is 307 g/mol. The molecule has 1 aromatic rings. The van der Waals surface area contributed by atoms with Crippen molar-refractivity contribution in [2.24, 2.45) is 0 Å². The zero-order valence-corrected chi connectivity index (χ0v) is 15.2. The molecule has 2 nitrogen and oxygen atoms in total. The van der Waals surface area contributed by atoms with Crippen LogP contribution in [0.3, 0.4) is 0 Å². The molecule has 0 N–H and O–H groups in total. The van der Waals surface area contributed by atoms with E-state index < -0.39 is 0 Å². The van der Waals surface area contributed by atoms with Crippen LogP contribution in [0.25, 0.3) is 0 Å². The minimum Gasteiger partial charge on any atom is -0.494 e. The first-order valence-electron chi connectivity index (χ1n) is 8.97. The second-order valence-electron chi connectivity index (χ2n) is 7.50. The summed E-state index contributed by atoms with van der Waals surface area (Å²) in [6.07, 6.45) is 10.8. The third kappa shape index (κ3) is 10.7. The van der Waals surface area contributed by atoms with Crippen molar-refractivity contribution in [1.82, 2.24) is 0 Å². The Labute approximate surface area is 138 Å². The highest BCUT2D eigenvalue weighted by atomic mass is 16.5. The van der Waals surface area contributed by atoms with E-state index in [-0.39, 0.29) is 0 Å².